The third-order valence-corrected chi connectivity index (χ3v) is 1.71. The van der Waals surface area contributed by atoms with Gasteiger partial charge in [-0.1, -0.05) is 13.3 Å². The van der Waals surface area contributed by atoms with Gasteiger partial charge < -0.3 is 10.5 Å². The molecule has 0 amide bonds. The molecule has 0 fully saturated rings. The second kappa shape index (κ2) is 5.26. The van der Waals surface area contributed by atoms with Gasteiger partial charge in [-0.05, 0) is 6.42 Å². The lowest BCUT2D eigenvalue weighted by Crippen LogP contribution is -2.14. The Balaban J connectivity index is 2.27. The van der Waals surface area contributed by atoms with Gasteiger partial charge in [0.2, 0.25) is 0 Å². The molecule has 1 heterocycles. The Morgan fingerprint density at radius 1 is 1.71 bits per heavy atom. The molecule has 0 aliphatic carbocycles. The lowest BCUT2D eigenvalue weighted by atomic mass is 10.4. The predicted octanol–water partition coefficient (Wildman–Crippen LogP) is 0.809. The molecule has 1 rings (SSSR count). The van der Waals surface area contributed by atoms with E-state index in [-0.39, 0.29) is 12.5 Å². The van der Waals surface area contributed by atoms with Gasteiger partial charge >= 0.3 is 5.97 Å². The van der Waals surface area contributed by atoms with Crippen LogP contribution < -0.4 is 5.73 Å². The molecule has 78 valence electrons. The molecule has 2 N–H and O–H groups in total. The fourth-order valence-corrected chi connectivity index (χ4v) is 0.974. The Hall–Kier alpha value is -1.52. The molecule has 14 heavy (non-hydrogen) atoms. The van der Waals surface area contributed by atoms with E-state index in [1.165, 1.54) is 10.9 Å². The summed E-state index contributed by atoms with van der Waals surface area (Å²) in [4.78, 5) is 11.2. The smallest absolute Gasteiger partial charge is 0.327 e. The Kier molecular flexibility index (Phi) is 3.97. The number of hydrogen-bond acceptors (Lipinski definition) is 4. The van der Waals surface area contributed by atoms with Crippen molar-refractivity contribution in [2.45, 2.75) is 26.3 Å². The first-order valence-corrected chi connectivity index (χ1v) is 4.66. The SMILES string of the molecule is CCCCOC(=O)Cn1cc(N)cn1. The molecule has 1 aromatic rings. The van der Waals surface area contributed by atoms with Crippen molar-refractivity contribution in [1.82, 2.24) is 9.78 Å². The van der Waals surface area contributed by atoms with Crippen molar-refractivity contribution in [2.24, 2.45) is 0 Å². The van der Waals surface area contributed by atoms with Gasteiger partial charge in [0.1, 0.15) is 6.54 Å². The maximum Gasteiger partial charge on any atom is 0.327 e. The fourth-order valence-electron chi connectivity index (χ4n) is 0.974. The number of carbonyl (C=O) groups is 1. The molecule has 5 heteroatoms. The molecule has 0 bridgehead atoms. The minimum atomic E-state index is -0.276. The summed E-state index contributed by atoms with van der Waals surface area (Å²) in [5.74, 6) is -0.276. The fraction of sp³-hybridized carbons (Fsp3) is 0.556. The number of ether oxygens (including phenoxy) is 1. The van der Waals surface area contributed by atoms with Gasteiger partial charge in [0.15, 0.2) is 0 Å². The van der Waals surface area contributed by atoms with Crippen molar-refractivity contribution >= 4 is 11.7 Å². The van der Waals surface area contributed by atoms with E-state index in [4.69, 9.17) is 10.5 Å². The maximum absolute atomic E-state index is 11.2. The van der Waals surface area contributed by atoms with Crippen LogP contribution >= 0.6 is 0 Å². The predicted molar refractivity (Wildman–Crippen MR) is 52.5 cm³/mol. The van der Waals surface area contributed by atoms with Crippen LogP contribution in [0.2, 0.25) is 0 Å². The zero-order chi connectivity index (χ0) is 10.4. The molecule has 0 atom stereocenters. The van der Waals surface area contributed by atoms with Crippen LogP contribution in [0, 0.1) is 0 Å². The summed E-state index contributed by atoms with van der Waals surface area (Å²) in [5.41, 5.74) is 5.99. The standard InChI is InChI=1S/C9H15N3O2/c1-2-3-4-14-9(13)7-12-6-8(10)5-11-12/h5-6H,2-4,7,10H2,1H3. The van der Waals surface area contributed by atoms with Crippen molar-refractivity contribution in [1.29, 1.82) is 0 Å². The number of aromatic nitrogens is 2. The van der Waals surface area contributed by atoms with Crippen LogP contribution in [0.5, 0.6) is 0 Å². The number of esters is 1. The molecule has 0 spiro atoms. The third-order valence-electron chi connectivity index (χ3n) is 1.71. The van der Waals surface area contributed by atoms with Crippen molar-refractivity contribution in [3.63, 3.8) is 0 Å². The Morgan fingerprint density at radius 2 is 2.50 bits per heavy atom. The van der Waals surface area contributed by atoms with Crippen molar-refractivity contribution in [3.8, 4) is 0 Å². The van der Waals surface area contributed by atoms with Gasteiger partial charge in [0, 0.05) is 6.20 Å². The van der Waals surface area contributed by atoms with Gasteiger partial charge in [0.05, 0.1) is 18.5 Å². The number of nitrogens with two attached hydrogens (primary N) is 1. The first kappa shape index (κ1) is 10.6. The van der Waals surface area contributed by atoms with E-state index in [1.807, 2.05) is 6.92 Å². The molecule has 0 saturated carbocycles. The number of hydrogen-bond donors (Lipinski definition) is 1. The van der Waals surface area contributed by atoms with Gasteiger partial charge in [-0.15, -0.1) is 0 Å². The van der Waals surface area contributed by atoms with E-state index in [9.17, 15) is 4.79 Å². The first-order chi connectivity index (χ1) is 6.72. The van der Waals surface area contributed by atoms with Crippen LogP contribution in [0.25, 0.3) is 0 Å². The van der Waals surface area contributed by atoms with Crippen molar-refractivity contribution in [2.75, 3.05) is 12.3 Å². The second-order valence-electron chi connectivity index (χ2n) is 3.05. The van der Waals surface area contributed by atoms with E-state index >= 15 is 0 Å². The van der Waals surface area contributed by atoms with E-state index in [0.29, 0.717) is 12.3 Å². The van der Waals surface area contributed by atoms with Gasteiger partial charge in [0.25, 0.3) is 0 Å². The molecule has 0 aliphatic rings. The highest BCUT2D eigenvalue weighted by molar-refractivity contribution is 5.69. The van der Waals surface area contributed by atoms with E-state index < -0.39 is 0 Å². The van der Waals surface area contributed by atoms with Crippen molar-refractivity contribution in [3.05, 3.63) is 12.4 Å². The second-order valence-corrected chi connectivity index (χ2v) is 3.05. The van der Waals surface area contributed by atoms with Crippen LogP contribution in [0.4, 0.5) is 5.69 Å². The minimum absolute atomic E-state index is 0.126. The van der Waals surface area contributed by atoms with Gasteiger partial charge in [-0.3, -0.25) is 9.48 Å². The molecular formula is C9H15N3O2. The van der Waals surface area contributed by atoms with E-state index in [2.05, 4.69) is 5.10 Å². The monoisotopic (exact) mass is 197 g/mol. The highest BCUT2D eigenvalue weighted by Gasteiger charge is 2.04. The third kappa shape index (κ3) is 3.47. The Labute approximate surface area is 82.8 Å². The summed E-state index contributed by atoms with van der Waals surface area (Å²) < 4.78 is 6.42. The van der Waals surface area contributed by atoms with Crippen LogP contribution in [0.1, 0.15) is 19.8 Å². The Bertz CT molecular complexity index is 296. The molecular weight excluding hydrogens is 182 g/mol. The highest BCUT2D eigenvalue weighted by atomic mass is 16.5. The minimum Gasteiger partial charge on any atom is -0.464 e. The van der Waals surface area contributed by atoms with E-state index in [1.54, 1.807) is 6.20 Å². The van der Waals surface area contributed by atoms with Crippen LogP contribution in [-0.2, 0) is 16.1 Å². The topological polar surface area (TPSA) is 70.1 Å². The molecule has 0 aliphatic heterocycles. The first-order valence-electron chi connectivity index (χ1n) is 4.66. The summed E-state index contributed by atoms with van der Waals surface area (Å²) in [6.45, 7) is 2.65. The quantitative estimate of drug-likeness (QED) is 0.560. The molecule has 0 aromatic carbocycles. The number of nitrogens with zero attached hydrogens (tertiary/aromatic N) is 2. The van der Waals surface area contributed by atoms with Gasteiger partial charge in [-0.2, -0.15) is 5.10 Å². The average Bonchev–Trinajstić information content (AvgIpc) is 2.52. The molecule has 0 radical (unpaired) electrons. The largest absolute Gasteiger partial charge is 0.464 e. The maximum atomic E-state index is 11.2. The summed E-state index contributed by atoms with van der Waals surface area (Å²) in [7, 11) is 0. The zero-order valence-electron chi connectivity index (χ0n) is 8.27. The summed E-state index contributed by atoms with van der Waals surface area (Å²) in [6, 6.07) is 0. The summed E-state index contributed by atoms with van der Waals surface area (Å²) in [5, 5.41) is 3.87. The van der Waals surface area contributed by atoms with Crippen LogP contribution in [0.15, 0.2) is 12.4 Å². The van der Waals surface area contributed by atoms with Crippen molar-refractivity contribution < 1.29 is 9.53 Å². The molecule has 0 saturated heterocycles. The summed E-state index contributed by atoms with van der Waals surface area (Å²) in [6.07, 6.45) is 5.01. The number of anilines is 1. The van der Waals surface area contributed by atoms with Gasteiger partial charge in [-0.25, -0.2) is 0 Å². The molecule has 5 nitrogen and oxygen atoms in total. The number of nitrogen functional groups attached to an aromatic ring is 1. The molecule has 1 aromatic heterocycles. The van der Waals surface area contributed by atoms with E-state index in [0.717, 1.165) is 12.8 Å². The number of carbonyl (C=O) groups excluding carboxylic acids is 1. The lowest BCUT2D eigenvalue weighted by Gasteiger charge is -2.03. The highest BCUT2D eigenvalue weighted by Crippen LogP contribution is 1.98. The normalized spacial score (nSPS) is 10.1. The number of unbranched alkanes of at least 4 members (excludes halogenated alkanes) is 1. The summed E-state index contributed by atoms with van der Waals surface area (Å²) >= 11 is 0. The average molecular weight is 197 g/mol. The molecule has 0 unspecified atom stereocenters. The lowest BCUT2D eigenvalue weighted by molar-refractivity contribution is -0.144. The Morgan fingerprint density at radius 3 is 3.07 bits per heavy atom. The van der Waals surface area contributed by atoms with Crippen LogP contribution in [0.3, 0.4) is 0 Å². The van der Waals surface area contributed by atoms with Crippen LogP contribution in [-0.4, -0.2) is 22.4 Å². The zero-order valence-corrected chi connectivity index (χ0v) is 8.27. The number of rotatable bonds is 5.